The smallest absolute Gasteiger partial charge is 0.266 e. The van der Waals surface area contributed by atoms with E-state index in [0.29, 0.717) is 36.0 Å². The van der Waals surface area contributed by atoms with Gasteiger partial charge in [0.1, 0.15) is 24.9 Å². The van der Waals surface area contributed by atoms with E-state index < -0.39 is 5.91 Å². The van der Waals surface area contributed by atoms with Gasteiger partial charge in [-0.2, -0.15) is 10.4 Å². The van der Waals surface area contributed by atoms with Crippen LogP contribution in [0.1, 0.15) is 11.1 Å². The Bertz CT molecular complexity index is 1120. The Morgan fingerprint density at radius 3 is 2.69 bits per heavy atom. The number of aromatic nitrogens is 2. The van der Waals surface area contributed by atoms with Gasteiger partial charge in [-0.25, -0.2) is 0 Å². The average Bonchev–Trinajstić information content (AvgIpc) is 3.20. The highest BCUT2D eigenvalue weighted by Crippen LogP contribution is 2.32. The second-order valence-electron chi connectivity index (χ2n) is 6.55. The van der Waals surface area contributed by atoms with Crippen molar-refractivity contribution in [2.75, 3.05) is 18.5 Å². The van der Waals surface area contributed by atoms with Crippen molar-refractivity contribution in [3.8, 4) is 28.8 Å². The van der Waals surface area contributed by atoms with Crippen LogP contribution in [-0.4, -0.2) is 29.3 Å². The summed E-state index contributed by atoms with van der Waals surface area (Å²) in [6, 6.07) is 15.0. The van der Waals surface area contributed by atoms with Crippen LogP contribution < -0.4 is 14.8 Å². The number of hydrogen-bond donors (Lipinski definition) is 2. The SMILES string of the molecule is Cc1ccc(-c2[nH]ncc2/C=C(\C#N)C(=O)Nc2ccc3c(c2)OCCO3)cc1. The highest BCUT2D eigenvalue weighted by Gasteiger charge is 2.16. The van der Waals surface area contributed by atoms with Crippen molar-refractivity contribution in [2.45, 2.75) is 6.92 Å². The highest BCUT2D eigenvalue weighted by atomic mass is 16.6. The van der Waals surface area contributed by atoms with Gasteiger partial charge in [0.25, 0.3) is 5.91 Å². The summed E-state index contributed by atoms with van der Waals surface area (Å²) in [6.07, 6.45) is 3.11. The Morgan fingerprint density at radius 2 is 1.93 bits per heavy atom. The fraction of sp³-hybridized carbons (Fsp3) is 0.136. The van der Waals surface area contributed by atoms with Gasteiger partial charge in [0, 0.05) is 22.9 Å². The molecule has 1 amide bonds. The van der Waals surface area contributed by atoms with E-state index in [1.807, 2.05) is 37.3 Å². The van der Waals surface area contributed by atoms with Gasteiger partial charge in [-0.15, -0.1) is 0 Å². The molecule has 2 heterocycles. The first-order chi connectivity index (χ1) is 14.1. The van der Waals surface area contributed by atoms with Gasteiger partial charge in [0.2, 0.25) is 0 Å². The van der Waals surface area contributed by atoms with Crippen molar-refractivity contribution in [2.24, 2.45) is 0 Å². The van der Waals surface area contributed by atoms with Crippen molar-refractivity contribution in [3.05, 3.63) is 65.4 Å². The molecule has 2 aromatic carbocycles. The van der Waals surface area contributed by atoms with Crippen molar-refractivity contribution < 1.29 is 14.3 Å². The molecular weight excluding hydrogens is 368 g/mol. The van der Waals surface area contributed by atoms with Crippen molar-refractivity contribution in [1.82, 2.24) is 10.2 Å². The van der Waals surface area contributed by atoms with Gasteiger partial charge in [0.05, 0.1) is 11.9 Å². The summed E-state index contributed by atoms with van der Waals surface area (Å²) in [5.41, 5.74) is 3.94. The molecule has 2 N–H and O–H groups in total. The number of carbonyl (C=O) groups is 1. The monoisotopic (exact) mass is 386 g/mol. The predicted octanol–water partition coefficient (Wildman–Crippen LogP) is 3.70. The number of ether oxygens (including phenoxy) is 2. The molecular formula is C22H18N4O3. The Balaban J connectivity index is 1.57. The van der Waals surface area contributed by atoms with E-state index in [0.717, 1.165) is 16.8 Å². The summed E-state index contributed by atoms with van der Waals surface area (Å²) in [5.74, 6) is 0.680. The molecule has 29 heavy (non-hydrogen) atoms. The van der Waals surface area contributed by atoms with Crippen LogP contribution in [-0.2, 0) is 4.79 Å². The molecule has 0 radical (unpaired) electrons. The lowest BCUT2D eigenvalue weighted by Gasteiger charge is -2.18. The van der Waals surface area contributed by atoms with Gasteiger partial charge in [-0.1, -0.05) is 29.8 Å². The summed E-state index contributed by atoms with van der Waals surface area (Å²) in [5, 5.41) is 19.2. The molecule has 1 aliphatic heterocycles. The minimum Gasteiger partial charge on any atom is -0.486 e. The van der Waals surface area contributed by atoms with Crippen molar-refractivity contribution in [3.63, 3.8) is 0 Å². The lowest BCUT2D eigenvalue weighted by Crippen LogP contribution is -2.17. The zero-order valence-corrected chi connectivity index (χ0v) is 15.7. The number of aromatic amines is 1. The van der Waals surface area contributed by atoms with Crippen LogP contribution in [0, 0.1) is 18.3 Å². The third-order valence-electron chi connectivity index (χ3n) is 4.47. The molecule has 7 heteroatoms. The fourth-order valence-corrected chi connectivity index (χ4v) is 2.98. The molecule has 1 aromatic heterocycles. The second-order valence-corrected chi connectivity index (χ2v) is 6.55. The van der Waals surface area contributed by atoms with E-state index >= 15 is 0 Å². The number of carbonyl (C=O) groups excluding carboxylic acids is 1. The maximum absolute atomic E-state index is 12.6. The van der Waals surface area contributed by atoms with E-state index in [2.05, 4.69) is 15.5 Å². The number of benzene rings is 2. The molecule has 0 atom stereocenters. The number of amides is 1. The molecule has 4 rings (SSSR count). The fourth-order valence-electron chi connectivity index (χ4n) is 2.98. The van der Waals surface area contributed by atoms with Gasteiger partial charge in [-0.05, 0) is 25.1 Å². The first-order valence-corrected chi connectivity index (χ1v) is 9.07. The number of nitrogens with one attached hydrogen (secondary N) is 2. The maximum atomic E-state index is 12.6. The first-order valence-electron chi connectivity index (χ1n) is 9.07. The molecule has 0 bridgehead atoms. The third-order valence-corrected chi connectivity index (χ3v) is 4.47. The topological polar surface area (TPSA) is 100 Å². The number of nitrogens with zero attached hydrogens (tertiary/aromatic N) is 2. The predicted molar refractivity (Wildman–Crippen MR) is 108 cm³/mol. The molecule has 3 aromatic rings. The van der Waals surface area contributed by atoms with E-state index in [1.165, 1.54) is 6.08 Å². The lowest BCUT2D eigenvalue weighted by molar-refractivity contribution is -0.112. The van der Waals surface area contributed by atoms with Crippen molar-refractivity contribution >= 4 is 17.7 Å². The number of aryl methyl sites for hydroxylation is 1. The third kappa shape index (κ3) is 3.96. The Hall–Kier alpha value is -4.05. The Labute approximate surface area is 167 Å². The van der Waals surface area contributed by atoms with Gasteiger partial charge in [-0.3, -0.25) is 9.89 Å². The molecule has 7 nitrogen and oxygen atoms in total. The zero-order valence-electron chi connectivity index (χ0n) is 15.7. The number of H-pyrrole nitrogens is 1. The van der Waals surface area contributed by atoms with Crippen molar-refractivity contribution in [1.29, 1.82) is 5.26 Å². The summed E-state index contributed by atoms with van der Waals surface area (Å²) in [7, 11) is 0. The molecule has 0 saturated heterocycles. The van der Waals surface area contributed by atoms with Crippen LogP contribution in [0.5, 0.6) is 11.5 Å². The normalized spacial score (nSPS) is 12.9. The van der Waals surface area contributed by atoms with Crippen LogP contribution >= 0.6 is 0 Å². The van der Waals surface area contributed by atoms with Gasteiger partial charge >= 0.3 is 0 Å². The van der Waals surface area contributed by atoms with E-state index in [-0.39, 0.29) is 5.57 Å². The second kappa shape index (κ2) is 7.90. The molecule has 144 valence electrons. The molecule has 0 aliphatic carbocycles. The van der Waals surface area contributed by atoms with Crippen LogP contribution in [0.25, 0.3) is 17.3 Å². The highest BCUT2D eigenvalue weighted by molar-refractivity contribution is 6.10. The van der Waals surface area contributed by atoms with Crippen LogP contribution in [0.2, 0.25) is 0 Å². The minimum absolute atomic E-state index is 0.0327. The number of rotatable bonds is 4. The zero-order chi connectivity index (χ0) is 20.2. The summed E-state index contributed by atoms with van der Waals surface area (Å²) in [4.78, 5) is 12.6. The molecule has 0 spiro atoms. The standard InChI is InChI=1S/C22H18N4O3/c1-14-2-4-15(5-3-14)21-17(13-24-26-21)10-16(12-23)22(27)25-18-6-7-19-20(11-18)29-9-8-28-19/h2-7,10-11,13H,8-9H2,1H3,(H,24,26)(H,25,27)/b16-10+. The first kappa shape index (κ1) is 18.3. The maximum Gasteiger partial charge on any atom is 0.266 e. The Morgan fingerprint density at radius 1 is 1.17 bits per heavy atom. The quantitative estimate of drug-likeness (QED) is 0.526. The largest absolute Gasteiger partial charge is 0.486 e. The number of fused-ring (bicyclic) bond motifs is 1. The molecule has 0 unspecified atom stereocenters. The van der Waals surface area contributed by atoms with Gasteiger partial charge in [0.15, 0.2) is 11.5 Å². The average molecular weight is 386 g/mol. The van der Waals surface area contributed by atoms with E-state index in [9.17, 15) is 10.1 Å². The van der Waals surface area contributed by atoms with E-state index in [1.54, 1.807) is 24.4 Å². The van der Waals surface area contributed by atoms with E-state index in [4.69, 9.17) is 9.47 Å². The molecule has 0 saturated carbocycles. The molecule has 0 fully saturated rings. The Kier molecular flexibility index (Phi) is 4.99. The lowest BCUT2D eigenvalue weighted by atomic mass is 10.0. The van der Waals surface area contributed by atoms with Crippen LogP contribution in [0.4, 0.5) is 5.69 Å². The minimum atomic E-state index is -0.514. The van der Waals surface area contributed by atoms with Crippen LogP contribution in [0.3, 0.4) is 0 Å². The summed E-state index contributed by atoms with van der Waals surface area (Å²) in [6.45, 7) is 2.96. The number of hydrogen-bond acceptors (Lipinski definition) is 5. The summed E-state index contributed by atoms with van der Waals surface area (Å²) < 4.78 is 11.0. The van der Waals surface area contributed by atoms with Crippen LogP contribution in [0.15, 0.2) is 54.2 Å². The van der Waals surface area contributed by atoms with Gasteiger partial charge < -0.3 is 14.8 Å². The number of nitriles is 1. The number of anilines is 1. The summed E-state index contributed by atoms with van der Waals surface area (Å²) >= 11 is 0. The molecule has 1 aliphatic rings.